The van der Waals surface area contributed by atoms with E-state index in [0.717, 1.165) is 21.5 Å². The van der Waals surface area contributed by atoms with Crippen LogP contribution in [-0.2, 0) is 6.54 Å². The number of thiophene rings is 1. The maximum absolute atomic E-state index is 12.6. The van der Waals surface area contributed by atoms with Crippen molar-refractivity contribution in [2.45, 2.75) is 13.5 Å². The first-order valence-corrected chi connectivity index (χ1v) is 9.40. The maximum Gasteiger partial charge on any atom is 0.265 e. The lowest BCUT2D eigenvalue weighted by atomic mass is 10.2. The molecule has 0 aliphatic heterocycles. The lowest BCUT2D eigenvalue weighted by Crippen LogP contribution is -2.16. The van der Waals surface area contributed by atoms with E-state index in [4.69, 9.17) is 11.6 Å². The molecule has 27 heavy (non-hydrogen) atoms. The van der Waals surface area contributed by atoms with Crippen molar-refractivity contribution in [3.8, 4) is 0 Å². The molecule has 0 atom stereocenters. The molecule has 1 amide bonds. The fraction of sp³-hybridized carbons (Fsp3) is 0.105. The average molecular weight is 399 g/mol. The number of aromatic amines is 1. The number of hydrogen-bond acceptors (Lipinski definition) is 4. The van der Waals surface area contributed by atoms with E-state index in [9.17, 15) is 9.59 Å². The molecular formula is C19H15ClN4O2S. The van der Waals surface area contributed by atoms with Crippen LogP contribution in [-0.4, -0.2) is 20.7 Å². The van der Waals surface area contributed by atoms with Crippen LogP contribution in [0.3, 0.4) is 0 Å². The van der Waals surface area contributed by atoms with Crippen LogP contribution in [0, 0.1) is 6.92 Å². The number of rotatable bonds is 4. The van der Waals surface area contributed by atoms with E-state index in [-0.39, 0.29) is 17.0 Å². The number of benzene rings is 1. The molecule has 8 heteroatoms. The van der Waals surface area contributed by atoms with Crippen LogP contribution in [0.2, 0.25) is 5.02 Å². The molecular weight excluding hydrogens is 384 g/mol. The zero-order valence-electron chi connectivity index (χ0n) is 14.3. The second-order valence-electron chi connectivity index (χ2n) is 6.08. The highest BCUT2D eigenvalue weighted by Crippen LogP contribution is 2.29. The third kappa shape index (κ3) is 3.51. The van der Waals surface area contributed by atoms with Gasteiger partial charge in [0, 0.05) is 28.9 Å². The molecule has 2 N–H and O–H groups in total. The number of hydrogen-bond donors (Lipinski definition) is 2. The summed E-state index contributed by atoms with van der Waals surface area (Å²) >= 11 is 7.29. The number of halogens is 1. The van der Waals surface area contributed by atoms with Crippen molar-refractivity contribution in [2.24, 2.45) is 0 Å². The van der Waals surface area contributed by atoms with Crippen LogP contribution >= 0.6 is 22.9 Å². The zero-order valence-corrected chi connectivity index (χ0v) is 15.9. The van der Waals surface area contributed by atoms with Gasteiger partial charge in [-0.05, 0) is 30.7 Å². The first kappa shape index (κ1) is 17.5. The molecule has 136 valence electrons. The van der Waals surface area contributed by atoms with Crippen LogP contribution in [0.1, 0.15) is 20.9 Å². The van der Waals surface area contributed by atoms with Gasteiger partial charge in [0.25, 0.3) is 5.91 Å². The molecule has 1 aromatic carbocycles. The smallest absolute Gasteiger partial charge is 0.265 e. The van der Waals surface area contributed by atoms with E-state index in [0.29, 0.717) is 16.4 Å². The van der Waals surface area contributed by atoms with E-state index in [1.807, 2.05) is 41.9 Å². The van der Waals surface area contributed by atoms with Crippen molar-refractivity contribution in [2.75, 3.05) is 5.32 Å². The standard InChI is InChI=1S/C19H15ClN4O2S/c1-11-14-8-17(18(26)22-15-9-21-7-6-16(15)25)27-19(14)24(23-11)10-12-2-4-13(20)5-3-12/h2-9H,10H2,1H3,(H,21,25)(H,22,26). The summed E-state index contributed by atoms with van der Waals surface area (Å²) in [6, 6.07) is 10.8. The van der Waals surface area contributed by atoms with Gasteiger partial charge in [0.2, 0.25) is 5.43 Å². The van der Waals surface area contributed by atoms with Crippen molar-refractivity contribution < 1.29 is 4.79 Å². The normalized spacial score (nSPS) is 11.0. The van der Waals surface area contributed by atoms with Crippen LogP contribution in [0.25, 0.3) is 10.2 Å². The van der Waals surface area contributed by atoms with Crippen molar-refractivity contribution in [3.63, 3.8) is 0 Å². The Morgan fingerprint density at radius 2 is 2.07 bits per heavy atom. The summed E-state index contributed by atoms with van der Waals surface area (Å²) in [5.74, 6) is -0.314. The van der Waals surface area contributed by atoms with Crippen LogP contribution in [0.5, 0.6) is 0 Å². The van der Waals surface area contributed by atoms with Gasteiger partial charge in [0.05, 0.1) is 17.1 Å². The minimum atomic E-state index is -0.314. The number of aryl methyl sites for hydroxylation is 1. The number of carbonyl (C=O) groups is 1. The third-order valence-electron chi connectivity index (χ3n) is 4.15. The molecule has 6 nitrogen and oxygen atoms in total. The van der Waals surface area contributed by atoms with Crippen molar-refractivity contribution in [3.05, 3.63) is 80.2 Å². The first-order valence-electron chi connectivity index (χ1n) is 8.21. The Morgan fingerprint density at radius 3 is 2.81 bits per heavy atom. The fourth-order valence-electron chi connectivity index (χ4n) is 2.79. The number of H-pyrrole nitrogens is 1. The van der Waals surface area contributed by atoms with E-state index in [2.05, 4.69) is 15.4 Å². The number of nitrogens with one attached hydrogen (secondary N) is 2. The molecule has 0 unspecified atom stereocenters. The van der Waals surface area contributed by atoms with Gasteiger partial charge in [0.15, 0.2) is 0 Å². The second kappa shape index (κ2) is 7.02. The molecule has 0 bridgehead atoms. The minimum absolute atomic E-state index is 0.222. The number of aromatic nitrogens is 3. The molecule has 0 radical (unpaired) electrons. The molecule has 0 fully saturated rings. The lowest BCUT2D eigenvalue weighted by molar-refractivity contribution is 0.103. The molecule has 0 spiro atoms. The van der Waals surface area contributed by atoms with Gasteiger partial charge >= 0.3 is 0 Å². The minimum Gasteiger partial charge on any atom is -0.366 e. The van der Waals surface area contributed by atoms with Gasteiger partial charge in [-0.15, -0.1) is 11.3 Å². The number of amides is 1. The van der Waals surface area contributed by atoms with E-state index in [1.54, 1.807) is 0 Å². The van der Waals surface area contributed by atoms with Gasteiger partial charge < -0.3 is 10.3 Å². The number of carbonyl (C=O) groups excluding carboxylic acids is 1. The van der Waals surface area contributed by atoms with Gasteiger partial charge in [0.1, 0.15) is 10.5 Å². The molecule has 0 saturated heterocycles. The Labute approximate surface area is 163 Å². The highest BCUT2D eigenvalue weighted by molar-refractivity contribution is 7.20. The Hall–Kier alpha value is -2.90. The maximum atomic E-state index is 12.6. The molecule has 4 rings (SSSR count). The SMILES string of the molecule is Cc1nn(Cc2ccc(Cl)cc2)c2sc(C(=O)Nc3c[nH]ccc3=O)cc12. The Balaban J connectivity index is 1.64. The number of fused-ring (bicyclic) bond motifs is 1. The van der Waals surface area contributed by atoms with Crippen molar-refractivity contribution >= 4 is 44.7 Å². The highest BCUT2D eigenvalue weighted by Gasteiger charge is 2.17. The summed E-state index contributed by atoms with van der Waals surface area (Å²) in [5.41, 5.74) is 1.90. The number of pyridine rings is 1. The summed E-state index contributed by atoms with van der Waals surface area (Å²) in [6.45, 7) is 2.50. The van der Waals surface area contributed by atoms with Crippen LogP contribution in [0.15, 0.2) is 53.6 Å². The monoisotopic (exact) mass is 398 g/mol. The highest BCUT2D eigenvalue weighted by atomic mass is 35.5. The predicted octanol–water partition coefficient (Wildman–Crippen LogP) is 4.05. The molecule has 3 aromatic heterocycles. The largest absolute Gasteiger partial charge is 0.366 e. The van der Waals surface area contributed by atoms with Crippen LogP contribution < -0.4 is 10.7 Å². The lowest BCUT2D eigenvalue weighted by Gasteiger charge is -2.03. The molecule has 3 heterocycles. The quantitative estimate of drug-likeness (QED) is 0.544. The Bertz CT molecular complexity index is 1190. The summed E-state index contributed by atoms with van der Waals surface area (Å²) in [5, 5.41) is 8.85. The van der Waals surface area contributed by atoms with Gasteiger partial charge in [-0.25, -0.2) is 0 Å². The second-order valence-corrected chi connectivity index (χ2v) is 7.54. The summed E-state index contributed by atoms with van der Waals surface area (Å²) in [4.78, 5) is 28.6. The topological polar surface area (TPSA) is 79.8 Å². The van der Waals surface area contributed by atoms with E-state index in [1.165, 1.54) is 29.8 Å². The van der Waals surface area contributed by atoms with E-state index >= 15 is 0 Å². The first-order chi connectivity index (χ1) is 13.0. The summed E-state index contributed by atoms with van der Waals surface area (Å²) in [7, 11) is 0. The van der Waals surface area contributed by atoms with Crippen molar-refractivity contribution in [1.82, 2.24) is 14.8 Å². The Morgan fingerprint density at radius 1 is 1.30 bits per heavy atom. The molecule has 0 saturated carbocycles. The van der Waals surface area contributed by atoms with Crippen LogP contribution in [0.4, 0.5) is 5.69 Å². The van der Waals surface area contributed by atoms with Gasteiger partial charge in [-0.3, -0.25) is 14.3 Å². The van der Waals surface area contributed by atoms with E-state index < -0.39 is 0 Å². The molecule has 4 aromatic rings. The van der Waals surface area contributed by atoms with Gasteiger partial charge in [-0.2, -0.15) is 5.10 Å². The van der Waals surface area contributed by atoms with Crippen molar-refractivity contribution in [1.29, 1.82) is 0 Å². The summed E-state index contributed by atoms with van der Waals surface area (Å²) in [6.07, 6.45) is 2.99. The number of nitrogens with zero attached hydrogens (tertiary/aromatic N) is 2. The Kier molecular flexibility index (Phi) is 4.55. The van der Waals surface area contributed by atoms with Gasteiger partial charge in [-0.1, -0.05) is 23.7 Å². The average Bonchev–Trinajstić information content (AvgIpc) is 3.21. The fourth-order valence-corrected chi connectivity index (χ4v) is 3.97. The summed E-state index contributed by atoms with van der Waals surface area (Å²) < 4.78 is 1.88. The number of anilines is 1. The third-order valence-corrected chi connectivity index (χ3v) is 5.55. The molecule has 0 aliphatic rings. The predicted molar refractivity (Wildman–Crippen MR) is 108 cm³/mol. The molecule has 0 aliphatic carbocycles. The zero-order chi connectivity index (χ0) is 19.0.